The largest absolute Gasteiger partial charge is 0.455 e. The van der Waals surface area contributed by atoms with Gasteiger partial charge in [0.05, 0.1) is 5.41 Å². The van der Waals surface area contributed by atoms with Crippen molar-refractivity contribution in [1.82, 2.24) is 0 Å². The smallest absolute Gasteiger partial charge is 0.144 e. The molecule has 1 aliphatic rings. The van der Waals surface area contributed by atoms with E-state index in [1.165, 1.54) is 64.3 Å². The van der Waals surface area contributed by atoms with E-state index in [9.17, 15) is 0 Å². The first-order valence-corrected chi connectivity index (χ1v) is 20.0. The van der Waals surface area contributed by atoms with Gasteiger partial charge in [-0.3, -0.25) is 0 Å². The Hall–Kier alpha value is -6.94. The lowest BCUT2D eigenvalue weighted by molar-refractivity contribution is 0.673. The Morgan fingerprint density at radius 3 is 1.77 bits per heavy atom. The van der Waals surface area contributed by atoms with Crippen LogP contribution in [-0.2, 0) is 5.41 Å². The third kappa shape index (κ3) is 4.32. The molecule has 2 aromatic heterocycles. The fourth-order valence-corrected chi connectivity index (χ4v) is 10.9. The summed E-state index contributed by atoms with van der Waals surface area (Å²) in [6.45, 7) is 0. The van der Waals surface area contributed by atoms with Crippen LogP contribution in [0, 0.1) is 0 Å². The zero-order chi connectivity index (χ0) is 36.8. The monoisotopic (exact) mass is 731 g/mol. The Kier molecular flexibility index (Phi) is 6.75. The molecule has 1 aliphatic carbocycles. The van der Waals surface area contributed by atoms with Crippen molar-refractivity contribution < 1.29 is 4.42 Å². The summed E-state index contributed by atoms with van der Waals surface area (Å²) in [6.07, 6.45) is 0. The van der Waals surface area contributed by atoms with Crippen molar-refractivity contribution in [3.05, 3.63) is 222 Å². The molecule has 2 nitrogen and oxygen atoms in total. The summed E-state index contributed by atoms with van der Waals surface area (Å²) in [5.41, 5.74) is 12.3. The number of nitrogens with zero attached hydrogens (tertiary/aromatic N) is 1. The highest BCUT2D eigenvalue weighted by atomic mass is 32.1. The molecule has 0 saturated carbocycles. The quantitative estimate of drug-likeness (QED) is 0.175. The average Bonchev–Trinajstić information content (AvgIpc) is 3.94. The first kappa shape index (κ1) is 31.4. The molecule has 0 spiro atoms. The lowest BCUT2D eigenvalue weighted by Crippen LogP contribution is -2.28. The van der Waals surface area contributed by atoms with Gasteiger partial charge in [0.15, 0.2) is 0 Å². The van der Waals surface area contributed by atoms with Gasteiger partial charge in [0, 0.05) is 53.4 Å². The average molecular weight is 732 g/mol. The van der Waals surface area contributed by atoms with Gasteiger partial charge in [-0.25, -0.2) is 0 Å². The standard InChI is InChI=1S/C53H33NOS/c1-4-16-34(17-5-1)53(35-18-6-2-7-19-35)45-26-14-12-22-39(45)40-30-28-38(33-46(40)53)54(36-20-8-3-9-21-36)37-29-31-47-44(32-37)50-51(55-47)42-24-11-10-23-41(42)49-43-25-13-15-27-48(43)56-52(49)50/h1-33H. The Morgan fingerprint density at radius 2 is 1.00 bits per heavy atom. The van der Waals surface area contributed by atoms with Crippen LogP contribution in [0.15, 0.2) is 205 Å². The number of benzene rings is 9. The van der Waals surface area contributed by atoms with Gasteiger partial charge >= 0.3 is 0 Å². The van der Waals surface area contributed by atoms with Gasteiger partial charge in [-0.15, -0.1) is 11.3 Å². The molecule has 262 valence electrons. The predicted octanol–water partition coefficient (Wildman–Crippen LogP) is 14.9. The van der Waals surface area contributed by atoms with Crippen LogP contribution in [-0.4, -0.2) is 0 Å². The fraction of sp³-hybridized carbons (Fsp3) is 0.0189. The van der Waals surface area contributed by atoms with Crippen molar-refractivity contribution in [3.8, 4) is 11.1 Å². The first-order chi connectivity index (χ1) is 27.8. The molecule has 0 unspecified atom stereocenters. The van der Waals surface area contributed by atoms with Gasteiger partial charge in [0.2, 0.25) is 0 Å². The predicted molar refractivity (Wildman–Crippen MR) is 236 cm³/mol. The molecule has 0 aliphatic heterocycles. The number of para-hydroxylation sites is 1. The van der Waals surface area contributed by atoms with E-state index in [1.54, 1.807) is 0 Å². The number of rotatable bonds is 5. The number of hydrogen-bond donors (Lipinski definition) is 0. The van der Waals surface area contributed by atoms with E-state index in [0.29, 0.717) is 0 Å². The van der Waals surface area contributed by atoms with Gasteiger partial charge in [-0.2, -0.15) is 0 Å². The fourth-order valence-electron chi connectivity index (χ4n) is 9.62. The lowest BCUT2D eigenvalue weighted by atomic mass is 9.67. The minimum atomic E-state index is -0.495. The molecule has 0 radical (unpaired) electrons. The Morgan fingerprint density at radius 1 is 0.411 bits per heavy atom. The van der Waals surface area contributed by atoms with Crippen molar-refractivity contribution >= 4 is 81.3 Å². The Labute approximate surface area is 328 Å². The van der Waals surface area contributed by atoms with E-state index < -0.39 is 5.41 Å². The maximum Gasteiger partial charge on any atom is 0.144 e. The minimum absolute atomic E-state index is 0.495. The number of thiophene rings is 1. The zero-order valence-corrected chi connectivity index (χ0v) is 31.1. The van der Waals surface area contributed by atoms with E-state index in [4.69, 9.17) is 4.42 Å². The normalized spacial score (nSPS) is 13.1. The van der Waals surface area contributed by atoms with Crippen LogP contribution in [0.1, 0.15) is 22.3 Å². The van der Waals surface area contributed by atoms with Gasteiger partial charge in [-0.1, -0.05) is 152 Å². The van der Waals surface area contributed by atoms with Crippen LogP contribution in [0.5, 0.6) is 0 Å². The topological polar surface area (TPSA) is 16.4 Å². The minimum Gasteiger partial charge on any atom is -0.455 e. The third-order valence-corrected chi connectivity index (χ3v) is 13.1. The van der Waals surface area contributed by atoms with Crippen LogP contribution in [0.4, 0.5) is 17.1 Å². The highest BCUT2D eigenvalue weighted by Gasteiger charge is 2.46. The zero-order valence-electron chi connectivity index (χ0n) is 30.3. The van der Waals surface area contributed by atoms with Crippen molar-refractivity contribution in [2.75, 3.05) is 4.90 Å². The number of hydrogen-bond acceptors (Lipinski definition) is 3. The van der Waals surface area contributed by atoms with E-state index in [2.05, 4.69) is 205 Å². The molecule has 3 heteroatoms. The van der Waals surface area contributed by atoms with Gasteiger partial charge in [0.1, 0.15) is 11.2 Å². The summed E-state index contributed by atoms with van der Waals surface area (Å²) in [4.78, 5) is 2.41. The molecule has 2 heterocycles. The Balaban J connectivity index is 1.14. The summed E-state index contributed by atoms with van der Waals surface area (Å²) in [7, 11) is 0. The molecular weight excluding hydrogens is 699 g/mol. The van der Waals surface area contributed by atoms with Crippen molar-refractivity contribution in [3.63, 3.8) is 0 Å². The third-order valence-electron chi connectivity index (χ3n) is 11.9. The Bertz CT molecular complexity index is 3270. The summed E-state index contributed by atoms with van der Waals surface area (Å²) in [5, 5.41) is 7.28. The first-order valence-electron chi connectivity index (χ1n) is 19.2. The van der Waals surface area contributed by atoms with Crippen molar-refractivity contribution in [1.29, 1.82) is 0 Å². The molecule has 9 aromatic carbocycles. The van der Waals surface area contributed by atoms with Gasteiger partial charge in [0.25, 0.3) is 0 Å². The molecule has 56 heavy (non-hydrogen) atoms. The molecular formula is C53H33NOS. The number of anilines is 3. The second-order valence-corrected chi connectivity index (χ2v) is 15.8. The molecule has 0 saturated heterocycles. The molecule has 0 bridgehead atoms. The molecule has 0 N–H and O–H groups in total. The van der Waals surface area contributed by atoms with Crippen LogP contribution in [0.2, 0.25) is 0 Å². The second kappa shape index (κ2) is 12.0. The summed E-state index contributed by atoms with van der Waals surface area (Å²) >= 11 is 1.86. The molecule has 11 aromatic rings. The van der Waals surface area contributed by atoms with Gasteiger partial charge in [-0.05, 0) is 87.3 Å². The van der Waals surface area contributed by atoms with Crippen LogP contribution in [0.3, 0.4) is 0 Å². The second-order valence-electron chi connectivity index (χ2n) is 14.8. The maximum atomic E-state index is 6.83. The summed E-state index contributed by atoms with van der Waals surface area (Å²) < 4.78 is 9.38. The lowest BCUT2D eigenvalue weighted by Gasteiger charge is -2.35. The number of furan rings is 1. The molecule has 0 amide bonds. The van der Waals surface area contributed by atoms with Crippen LogP contribution < -0.4 is 4.90 Å². The van der Waals surface area contributed by atoms with E-state index in [0.717, 1.165) is 39.0 Å². The van der Waals surface area contributed by atoms with E-state index in [1.807, 2.05) is 11.3 Å². The molecule has 0 fully saturated rings. The van der Waals surface area contributed by atoms with Crippen molar-refractivity contribution in [2.45, 2.75) is 5.41 Å². The summed E-state index contributed by atoms with van der Waals surface area (Å²) in [5.74, 6) is 0. The highest BCUT2D eigenvalue weighted by Crippen LogP contribution is 2.57. The molecule has 0 atom stereocenters. The van der Waals surface area contributed by atoms with Gasteiger partial charge < -0.3 is 9.32 Å². The van der Waals surface area contributed by atoms with Crippen LogP contribution in [0.25, 0.3) is 64.0 Å². The van der Waals surface area contributed by atoms with E-state index >= 15 is 0 Å². The van der Waals surface area contributed by atoms with Crippen LogP contribution >= 0.6 is 11.3 Å². The molecule has 12 rings (SSSR count). The van der Waals surface area contributed by atoms with E-state index in [-0.39, 0.29) is 0 Å². The maximum absolute atomic E-state index is 6.83. The number of fused-ring (bicyclic) bond motifs is 13. The highest BCUT2D eigenvalue weighted by molar-refractivity contribution is 7.27. The van der Waals surface area contributed by atoms with Crippen molar-refractivity contribution in [2.24, 2.45) is 0 Å². The summed E-state index contributed by atoms with van der Waals surface area (Å²) in [6, 6.07) is 73.1. The SMILES string of the molecule is c1ccc(N(c2ccc3c(c2)C(c2ccccc2)(c2ccccc2)c2ccccc2-3)c2ccc3oc4c5ccccc5c5c6ccccc6sc5c4c3c2)cc1.